The lowest BCUT2D eigenvalue weighted by atomic mass is 9.96. The van der Waals surface area contributed by atoms with Crippen LogP contribution in [0.3, 0.4) is 0 Å². The minimum atomic E-state index is 0.127. The highest BCUT2D eigenvalue weighted by molar-refractivity contribution is 5.77. The molecular formula is C25H24N4O2. The van der Waals surface area contributed by atoms with E-state index in [1.165, 1.54) is 0 Å². The highest BCUT2D eigenvalue weighted by atomic mass is 16.5. The summed E-state index contributed by atoms with van der Waals surface area (Å²) in [4.78, 5) is 24.5. The fourth-order valence-electron chi connectivity index (χ4n) is 3.94. The Kier molecular flexibility index (Phi) is 5.35. The van der Waals surface area contributed by atoms with Crippen LogP contribution in [0, 0.1) is 0 Å². The number of hydrogen-bond acceptors (Lipinski definition) is 4. The minimum absolute atomic E-state index is 0.127. The third-order valence-electron chi connectivity index (χ3n) is 5.70. The van der Waals surface area contributed by atoms with Crippen molar-refractivity contribution < 1.29 is 9.53 Å². The molecule has 1 unspecified atom stereocenters. The third kappa shape index (κ3) is 4.43. The van der Waals surface area contributed by atoms with Crippen molar-refractivity contribution in [2.75, 3.05) is 6.54 Å². The molecule has 0 bridgehead atoms. The lowest BCUT2D eigenvalue weighted by molar-refractivity contribution is -0.120. The van der Waals surface area contributed by atoms with Gasteiger partial charge in [-0.2, -0.15) is 0 Å². The summed E-state index contributed by atoms with van der Waals surface area (Å²) < 4.78 is 5.87. The summed E-state index contributed by atoms with van der Waals surface area (Å²) >= 11 is 0. The summed E-state index contributed by atoms with van der Waals surface area (Å²) in [6.45, 7) is 1.24. The number of H-pyrrole nitrogens is 1. The molecule has 3 heterocycles. The Morgan fingerprint density at radius 3 is 2.61 bits per heavy atom. The van der Waals surface area contributed by atoms with Crippen molar-refractivity contribution in [1.82, 2.24) is 20.3 Å². The number of ether oxygens (including phenoxy) is 1. The molecule has 2 aromatic carbocycles. The Bertz CT molecular complexity index is 1190. The van der Waals surface area contributed by atoms with Crippen molar-refractivity contribution in [2.24, 2.45) is 0 Å². The van der Waals surface area contributed by atoms with Gasteiger partial charge < -0.3 is 15.0 Å². The fraction of sp³-hybridized carbons (Fsp3) is 0.240. The molecule has 1 atom stereocenters. The molecule has 1 saturated heterocycles. The number of aromatic amines is 1. The lowest BCUT2D eigenvalue weighted by Crippen LogP contribution is -2.21. The average molecular weight is 412 g/mol. The molecule has 2 aromatic heterocycles. The molecule has 0 radical (unpaired) electrons. The standard InChI is InChI=1S/C25H24N4O2/c30-23-13-8-18(14-15-26-23)21-11-12-22-25(27-21)29-24(28-22)19-6-9-20(10-7-19)31-16-17-4-2-1-3-5-17/h1-7,9-12,18H,8,13-16H2,(H,26,30)(H,27,28,29). The summed E-state index contributed by atoms with van der Waals surface area (Å²) in [7, 11) is 0. The zero-order chi connectivity index (χ0) is 21.0. The van der Waals surface area contributed by atoms with Gasteiger partial charge in [-0.3, -0.25) is 4.79 Å². The van der Waals surface area contributed by atoms with Gasteiger partial charge in [0.15, 0.2) is 5.65 Å². The van der Waals surface area contributed by atoms with Crippen LogP contribution in [0.2, 0.25) is 0 Å². The molecule has 2 N–H and O–H groups in total. The van der Waals surface area contributed by atoms with E-state index in [1.807, 2.05) is 66.7 Å². The van der Waals surface area contributed by atoms with Crippen molar-refractivity contribution in [3.63, 3.8) is 0 Å². The number of fused-ring (bicyclic) bond motifs is 1. The second-order valence-corrected chi connectivity index (χ2v) is 7.87. The third-order valence-corrected chi connectivity index (χ3v) is 5.70. The highest BCUT2D eigenvalue weighted by Gasteiger charge is 2.19. The summed E-state index contributed by atoms with van der Waals surface area (Å²) in [6, 6.07) is 22.1. The first kappa shape index (κ1) is 19.3. The van der Waals surface area contributed by atoms with Gasteiger partial charge in [0, 0.05) is 30.1 Å². The second kappa shape index (κ2) is 8.60. The number of carbonyl (C=O) groups excluding carboxylic acids is 1. The number of rotatable bonds is 5. The first-order valence-electron chi connectivity index (χ1n) is 10.6. The van der Waals surface area contributed by atoms with Gasteiger partial charge in [-0.25, -0.2) is 9.97 Å². The van der Waals surface area contributed by atoms with Gasteiger partial charge in [-0.1, -0.05) is 30.3 Å². The van der Waals surface area contributed by atoms with E-state index in [0.29, 0.717) is 25.2 Å². The van der Waals surface area contributed by atoms with Crippen LogP contribution in [0.5, 0.6) is 5.75 Å². The maximum atomic E-state index is 11.6. The number of aromatic nitrogens is 3. The number of hydrogen-bond donors (Lipinski definition) is 2. The van der Waals surface area contributed by atoms with Gasteiger partial charge in [-0.15, -0.1) is 0 Å². The van der Waals surface area contributed by atoms with Crippen LogP contribution in [0.4, 0.5) is 0 Å². The first-order valence-corrected chi connectivity index (χ1v) is 10.6. The van der Waals surface area contributed by atoms with E-state index < -0.39 is 0 Å². The predicted molar refractivity (Wildman–Crippen MR) is 120 cm³/mol. The van der Waals surface area contributed by atoms with E-state index in [-0.39, 0.29) is 11.8 Å². The second-order valence-electron chi connectivity index (χ2n) is 7.87. The smallest absolute Gasteiger partial charge is 0.220 e. The van der Waals surface area contributed by atoms with Crippen LogP contribution in [-0.4, -0.2) is 27.4 Å². The monoisotopic (exact) mass is 412 g/mol. The molecule has 6 heteroatoms. The van der Waals surface area contributed by atoms with Gasteiger partial charge in [0.05, 0.1) is 5.52 Å². The van der Waals surface area contributed by atoms with Gasteiger partial charge >= 0.3 is 0 Å². The fourth-order valence-corrected chi connectivity index (χ4v) is 3.94. The molecule has 1 aliphatic rings. The number of benzene rings is 2. The Balaban J connectivity index is 1.31. The first-order chi connectivity index (χ1) is 15.2. The van der Waals surface area contributed by atoms with Gasteiger partial charge in [0.1, 0.15) is 18.2 Å². The van der Waals surface area contributed by atoms with Crippen LogP contribution in [-0.2, 0) is 11.4 Å². The topological polar surface area (TPSA) is 79.9 Å². The predicted octanol–water partition coefficient (Wildman–Crippen LogP) is 4.59. The van der Waals surface area contributed by atoms with Crippen LogP contribution in [0.1, 0.15) is 36.4 Å². The lowest BCUT2D eigenvalue weighted by Gasteiger charge is -2.11. The number of nitrogens with one attached hydrogen (secondary N) is 2. The minimum Gasteiger partial charge on any atom is -0.489 e. The molecule has 1 aliphatic heterocycles. The van der Waals surface area contributed by atoms with Crippen molar-refractivity contribution >= 4 is 17.1 Å². The van der Waals surface area contributed by atoms with Crippen LogP contribution >= 0.6 is 0 Å². The molecule has 1 fully saturated rings. The maximum Gasteiger partial charge on any atom is 0.220 e. The van der Waals surface area contributed by atoms with Crippen LogP contribution in [0.25, 0.3) is 22.6 Å². The molecule has 0 saturated carbocycles. The van der Waals surface area contributed by atoms with Gasteiger partial charge in [-0.05, 0) is 54.8 Å². The van der Waals surface area contributed by atoms with E-state index in [9.17, 15) is 4.79 Å². The number of amides is 1. The van der Waals surface area contributed by atoms with Crippen molar-refractivity contribution in [2.45, 2.75) is 31.8 Å². The number of carbonyl (C=O) groups is 1. The molecule has 31 heavy (non-hydrogen) atoms. The zero-order valence-electron chi connectivity index (χ0n) is 17.2. The van der Waals surface area contributed by atoms with E-state index in [1.54, 1.807) is 0 Å². The summed E-state index contributed by atoms with van der Waals surface area (Å²) in [6.07, 6.45) is 2.28. The van der Waals surface area contributed by atoms with E-state index in [4.69, 9.17) is 14.7 Å². The Hall–Kier alpha value is -3.67. The van der Waals surface area contributed by atoms with Crippen molar-refractivity contribution in [3.05, 3.63) is 78.0 Å². The Morgan fingerprint density at radius 1 is 0.935 bits per heavy atom. The molecule has 0 aliphatic carbocycles. The van der Waals surface area contributed by atoms with E-state index >= 15 is 0 Å². The number of pyridine rings is 1. The summed E-state index contributed by atoms with van der Waals surface area (Å²) in [5.41, 5.74) is 4.74. The zero-order valence-corrected chi connectivity index (χ0v) is 17.2. The van der Waals surface area contributed by atoms with Crippen molar-refractivity contribution in [3.8, 4) is 17.1 Å². The van der Waals surface area contributed by atoms with Crippen molar-refractivity contribution in [1.29, 1.82) is 0 Å². The molecule has 0 spiro atoms. The molecule has 1 amide bonds. The van der Waals surface area contributed by atoms with E-state index in [2.05, 4.69) is 10.3 Å². The van der Waals surface area contributed by atoms with Crippen LogP contribution in [0.15, 0.2) is 66.7 Å². The van der Waals surface area contributed by atoms with Gasteiger partial charge in [0.25, 0.3) is 0 Å². The molecule has 6 nitrogen and oxygen atoms in total. The molecule has 156 valence electrons. The molecular weight excluding hydrogens is 388 g/mol. The van der Waals surface area contributed by atoms with E-state index in [0.717, 1.165) is 46.8 Å². The average Bonchev–Trinajstić information content (AvgIpc) is 3.12. The molecule has 5 rings (SSSR count). The largest absolute Gasteiger partial charge is 0.489 e. The van der Waals surface area contributed by atoms with Gasteiger partial charge in [0.2, 0.25) is 5.91 Å². The maximum absolute atomic E-state index is 11.6. The Morgan fingerprint density at radius 2 is 1.77 bits per heavy atom. The molecule has 4 aromatic rings. The SMILES string of the molecule is O=C1CCC(c2ccc3[nH]c(-c4ccc(OCc5ccccc5)cc4)nc3n2)CCN1. The summed E-state index contributed by atoms with van der Waals surface area (Å²) in [5.74, 6) is 2.01. The number of imidazole rings is 1. The normalized spacial score (nSPS) is 16.6. The summed E-state index contributed by atoms with van der Waals surface area (Å²) in [5, 5.41) is 2.93. The Labute approximate surface area is 180 Å². The highest BCUT2D eigenvalue weighted by Crippen LogP contribution is 2.28. The van der Waals surface area contributed by atoms with Crippen LogP contribution < -0.4 is 10.1 Å². The quantitative estimate of drug-likeness (QED) is 0.503. The number of nitrogens with zero attached hydrogens (tertiary/aromatic N) is 2.